The summed E-state index contributed by atoms with van der Waals surface area (Å²) in [7, 11) is 1.79. The van der Waals surface area contributed by atoms with Gasteiger partial charge in [0.05, 0.1) is 29.1 Å². The summed E-state index contributed by atoms with van der Waals surface area (Å²) in [5.74, 6) is -0.390. The lowest BCUT2D eigenvalue weighted by Gasteiger charge is -2.29. The molecule has 7 rings (SSSR count). The molecule has 0 spiro atoms. The van der Waals surface area contributed by atoms with Gasteiger partial charge < -0.3 is 28.9 Å². The number of carbonyl (C=O) groups is 2. The molecule has 248 valence electrons. The summed E-state index contributed by atoms with van der Waals surface area (Å²) in [6.45, 7) is 5.40. The highest BCUT2D eigenvalue weighted by Gasteiger charge is 2.30. The van der Waals surface area contributed by atoms with Crippen LogP contribution in [-0.2, 0) is 16.1 Å². The summed E-state index contributed by atoms with van der Waals surface area (Å²) in [5.41, 5.74) is 7.22. The predicted molar refractivity (Wildman–Crippen MR) is 196 cm³/mol. The highest BCUT2D eigenvalue weighted by molar-refractivity contribution is 7.21. The van der Waals surface area contributed by atoms with E-state index >= 15 is 0 Å². The molecule has 3 heterocycles. The number of anilines is 2. The zero-order valence-electron chi connectivity index (χ0n) is 27.4. The first-order valence-electron chi connectivity index (χ1n) is 16.3. The van der Waals surface area contributed by atoms with Crippen molar-refractivity contribution in [3.05, 3.63) is 126 Å². The van der Waals surface area contributed by atoms with Gasteiger partial charge in [-0.15, -0.1) is 11.3 Å². The molecule has 0 saturated carbocycles. The van der Waals surface area contributed by atoms with Gasteiger partial charge in [-0.2, -0.15) is 0 Å². The number of benzene rings is 4. The number of nitrogens with zero attached hydrogens (tertiary/aromatic N) is 3. The number of aromatic nitrogens is 1. The first kappa shape index (κ1) is 32.2. The number of rotatable bonds is 10. The Morgan fingerprint density at radius 1 is 0.878 bits per heavy atom. The molecular weight excluding hydrogens is 635 g/mol. The van der Waals surface area contributed by atoms with Crippen LogP contribution in [0.25, 0.3) is 32.6 Å². The Kier molecular flexibility index (Phi) is 9.19. The van der Waals surface area contributed by atoms with Crippen molar-refractivity contribution in [1.29, 1.82) is 0 Å². The summed E-state index contributed by atoms with van der Waals surface area (Å²) >= 11 is 1.23. The number of fused-ring (bicyclic) bond motifs is 1. The number of amides is 1. The van der Waals surface area contributed by atoms with Crippen LogP contribution in [0.15, 0.2) is 115 Å². The highest BCUT2D eigenvalue weighted by atomic mass is 32.1. The van der Waals surface area contributed by atoms with Crippen LogP contribution in [0.4, 0.5) is 11.4 Å². The van der Waals surface area contributed by atoms with Gasteiger partial charge in [0.15, 0.2) is 0 Å². The lowest BCUT2D eigenvalue weighted by Crippen LogP contribution is -2.36. The molecule has 8 nitrogen and oxygen atoms in total. The third kappa shape index (κ3) is 6.55. The van der Waals surface area contributed by atoms with Gasteiger partial charge in [-0.25, -0.2) is 4.79 Å². The molecule has 1 fully saturated rings. The van der Waals surface area contributed by atoms with E-state index in [4.69, 9.17) is 9.47 Å². The molecule has 1 atom stereocenters. The number of carbonyl (C=O) groups excluding carboxylic acids is 1. The van der Waals surface area contributed by atoms with Crippen LogP contribution >= 0.6 is 11.3 Å². The Labute approximate surface area is 289 Å². The molecule has 49 heavy (non-hydrogen) atoms. The molecule has 1 N–H and O–H groups in total. The number of hydrogen-bond donors (Lipinski definition) is 1. The van der Waals surface area contributed by atoms with E-state index in [1.54, 1.807) is 18.0 Å². The summed E-state index contributed by atoms with van der Waals surface area (Å²) in [4.78, 5) is 30.8. The zero-order chi connectivity index (χ0) is 33.9. The second kappa shape index (κ2) is 14.0. The first-order valence-corrected chi connectivity index (χ1v) is 17.1. The first-order chi connectivity index (χ1) is 23.9. The summed E-state index contributed by atoms with van der Waals surface area (Å²) < 4.78 is 14.4. The van der Waals surface area contributed by atoms with Crippen LogP contribution in [-0.4, -0.2) is 54.9 Å². The van der Waals surface area contributed by atoms with Crippen molar-refractivity contribution in [2.75, 3.05) is 43.2 Å². The van der Waals surface area contributed by atoms with Crippen LogP contribution in [0.1, 0.15) is 28.2 Å². The average Bonchev–Trinajstić information content (AvgIpc) is 3.72. The van der Waals surface area contributed by atoms with Crippen molar-refractivity contribution >= 4 is 44.8 Å². The van der Waals surface area contributed by atoms with Gasteiger partial charge in [-0.1, -0.05) is 60.7 Å². The minimum absolute atomic E-state index is 0.122. The van der Waals surface area contributed by atoms with Crippen LogP contribution in [0.2, 0.25) is 0 Å². The smallest absolute Gasteiger partial charge is 0.345 e. The Hall–Kier alpha value is -5.38. The average molecular weight is 672 g/mol. The van der Waals surface area contributed by atoms with E-state index < -0.39 is 12.0 Å². The van der Waals surface area contributed by atoms with Gasteiger partial charge >= 0.3 is 5.97 Å². The lowest BCUT2D eigenvalue weighted by molar-refractivity contribution is -0.120. The van der Waals surface area contributed by atoms with E-state index in [2.05, 4.69) is 4.90 Å². The van der Waals surface area contributed by atoms with Gasteiger partial charge in [-0.3, -0.25) is 4.79 Å². The van der Waals surface area contributed by atoms with Crippen molar-refractivity contribution < 1.29 is 24.2 Å². The van der Waals surface area contributed by atoms with Crippen molar-refractivity contribution in [3.63, 3.8) is 0 Å². The topological polar surface area (TPSA) is 84.2 Å². The largest absolute Gasteiger partial charge is 0.489 e. The Morgan fingerprint density at radius 2 is 1.53 bits per heavy atom. The van der Waals surface area contributed by atoms with Crippen LogP contribution in [0.5, 0.6) is 5.75 Å². The Morgan fingerprint density at radius 3 is 2.18 bits per heavy atom. The number of likely N-dealkylation sites (N-methyl/N-ethyl adjacent to an activating group) is 1. The van der Waals surface area contributed by atoms with E-state index in [0.717, 1.165) is 62.9 Å². The second-order valence-corrected chi connectivity index (χ2v) is 13.1. The number of thiophene rings is 1. The normalized spacial score (nSPS) is 13.7. The van der Waals surface area contributed by atoms with E-state index in [0.29, 0.717) is 25.3 Å². The van der Waals surface area contributed by atoms with Crippen LogP contribution < -0.4 is 14.5 Å². The lowest BCUT2D eigenvalue weighted by atomic mass is 10.0. The van der Waals surface area contributed by atoms with E-state index in [9.17, 15) is 14.7 Å². The van der Waals surface area contributed by atoms with Gasteiger partial charge in [-0.05, 0) is 78.2 Å². The van der Waals surface area contributed by atoms with Crippen molar-refractivity contribution in [1.82, 2.24) is 4.57 Å². The molecule has 9 heteroatoms. The fourth-order valence-corrected chi connectivity index (χ4v) is 7.48. The summed E-state index contributed by atoms with van der Waals surface area (Å²) in [5, 5.41) is 10.0. The Balaban J connectivity index is 1.28. The molecule has 6 aromatic rings. The van der Waals surface area contributed by atoms with Gasteiger partial charge in [0.1, 0.15) is 23.3 Å². The van der Waals surface area contributed by atoms with Crippen molar-refractivity contribution in [3.8, 4) is 28.1 Å². The fraction of sp³-hybridized carbons (Fsp3) is 0.200. The summed E-state index contributed by atoms with van der Waals surface area (Å²) in [6.07, 6.45) is 0. The molecular formula is C40H37N3O5S. The molecule has 1 aliphatic heterocycles. The third-order valence-electron chi connectivity index (χ3n) is 9.01. The summed E-state index contributed by atoms with van der Waals surface area (Å²) in [6, 6.07) is 36.9. The molecule has 1 unspecified atom stereocenters. The number of hydrogen-bond acceptors (Lipinski definition) is 6. The monoisotopic (exact) mass is 671 g/mol. The quantitative estimate of drug-likeness (QED) is 0.158. The maximum atomic E-state index is 14.4. The Bertz CT molecular complexity index is 2070. The number of morpholine rings is 1. The van der Waals surface area contributed by atoms with Crippen molar-refractivity contribution in [2.24, 2.45) is 0 Å². The van der Waals surface area contributed by atoms with Gasteiger partial charge in [0.2, 0.25) is 5.91 Å². The SMILES string of the molecule is CC(C(=O)N(C)c1ccc(N2CCOCC2)cc1)n1c(-c2ccc(OCc3ccccc3)cc2)c(-c2ccccc2)c2sc(C(=O)O)cc21. The maximum Gasteiger partial charge on any atom is 0.345 e. The van der Waals surface area contributed by atoms with Crippen LogP contribution in [0, 0.1) is 0 Å². The van der Waals surface area contributed by atoms with Gasteiger partial charge in [0.25, 0.3) is 0 Å². The van der Waals surface area contributed by atoms with Gasteiger partial charge in [0, 0.05) is 37.1 Å². The van der Waals surface area contributed by atoms with Crippen LogP contribution in [0.3, 0.4) is 0 Å². The number of aromatic carboxylic acids is 1. The standard InChI is InChI=1S/C40H37N3O5S/c1-27(39(44)41(2)31-15-17-32(18-16-31)42-21-23-47-24-22-42)43-34-25-35(40(45)46)49-38(34)36(29-11-7-4-8-12-29)37(43)30-13-19-33(20-14-30)48-26-28-9-5-3-6-10-28/h3-20,25,27H,21-24,26H2,1-2H3,(H,45,46). The molecule has 0 aliphatic carbocycles. The zero-order valence-corrected chi connectivity index (χ0v) is 28.2. The van der Waals surface area contributed by atoms with E-state index in [1.165, 1.54) is 11.3 Å². The molecule has 1 amide bonds. The molecule has 2 aromatic heterocycles. The minimum atomic E-state index is -0.996. The molecule has 0 bridgehead atoms. The van der Waals surface area contributed by atoms with E-state index in [1.807, 2.05) is 121 Å². The number of carboxylic acids is 1. The highest BCUT2D eigenvalue weighted by Crippen LogP contribution is 2.46. The maximum absolute atomic E-state index is 14.4. The predicted octanol–water partition coefficient (Wildman–Crippen LogP) is 8.37. The minimum Gasteiger partial charge on any atom is -0.489 e. The molecule has 4 aromatic carbocycles. The molecule has 1 aliphatic rings. The second-order valence-electron chi connectivity index (χ2n) is 12.1. The van der Waals surface area contributed by atoms with E-state index in [-0.39, 0.29) is 10.8 Å². The number of carboxylic acid groups (broad SMARTS) is 1. The third-order valence-corrected chi connectivity index (χ3v) is 10.1. The number of ether oxygens (including phenoxy) is 2. The fourth-order valence-electron chi connectivity index (χ4n) is 6.43. The molecule has 1 saturated heterocycles. The molecule has 0 radical (unpaired) electrons. The van der Waals surface area contributed by atoms with Crippen molar-refractivity contribution in [2.45, 2.75) is 19.6 Å².